The number of benzene rings is 1. The molecule has 2 nitrogen and oxygen atoms in total. The summed E-state index contributed by atoms with van der Waals surface area (Å²) in [5.41, 5.74) is 3.77. The molecule has 1 aliphatic heterocycles. The van der Waals surface area contributed by atoms with Crippen LogP contribution in [0.4, 0.5) is 0 Å². The fraction of sp³-hybridized carbons (Fsp3) is 0.647. The van der Waals surface area contributed by atoms with Crippen molar-refractivity contribution in [3.05, 3.63) is 35.4 Å². The van der Waals surface area contributed by atoms with Crippen LogP contribution in [-0.4, -0.2) is 25.7 Å². The maximum Gasteiger partial charge on any atom is 0.0174 e. The van der Waals surface area contributed by atoms with E-state index in [4.69, 9.17) is 0 Å². The molecule has 3 aliphatic rings. The summed E-state index contributed by atoms with van der Waals surface area (Å²) in [6, 6.07) is 9.86. The minimum atomic E-state index is 0.517. The van der Waals surface area contributed by atoms with Crippen LogP contribution < -0.4 is 10.6 Å². The Labute approximate surface area is 116 Å². The summed E-state index contributed by atoms with van der Waals surface area (Å²) in [5, 5.41) is 7.32. The maximum absolute atomic E-state index is 3.87. The Morgan fingerprint density at radius 3 is 2.95 bits per heavy atom. The Hall–Kier alpha value is -0.860. The Kier molecular flexibility index (Phi) is 2.89. The van der Waals surface area contributed by atoms with Crippen molar-refractivity contribution in [2.24, 2.45) is 5.92 Å². The van der Waals surface area contributed by atoms with Gasteiger partial charge < -0.3 is 10.6 Å². The number of hydrogen-bond donors (Lipinski definition) is 2. The Balaban J connectivity index is 1.39. The molecule has 0 amide bonds. The van der Waals surface area contributed by atoms with Crippen LogP contribution in [0.1, 0.15) is 36.8 Å². The Morgan fingerprint density at radius 1 is 1.21 bits per heavy atom. The average molecular weight is 256 g/mol. The van der Waals surface area contributed by atoms with Gasteiger partial charge in [-0.05, 0) is 68.8 Å². The normalized spacial score (nSPS) is 33.6. The number of rotatable bonds is 3. The lowest BCUT2D eigenvalue weighted by Gasteiger charge is -2.23. The van der Waals surface area contributed by atoms with Gasteiger partial charge >= 0.3 is 0 Å². The third-order valence-corrected chi connectivity index (χ3v) is 5.58. The molecule has 0 aromatic heterocycles. The molecule has 19 heavy (non-hydrogen) atoms. The largest absolute Gasteiger partial charge is 0.317 e. The van der Waals surface area contributed by atoms with Crippen LogP contribution in [0, 0.1) is 5.92 Å². The van der Waals surface area contributed by atoms with Crippen LogP contribution in [0.2, 0.25) is 0 Å². The monoisotopic (exact) mass is 256 g/mol. The third-order valence-electron chi connectivity index (χ3n) is 5.58. The minimum absolute atomic E-state index is 0.517. The lowest BCUT2D eigenvalue weighted by atomic mass is 9.96. The van der Waals surface area contributed by atoms with Crippen molar-refractivity contribution < 1.29 is 0 Å². The first kappa shape index (κ1) is 11.9. The fourth-order valence-electron chi connectivity index (χ4n) is 4.26. The molecule has 1 aromatic carbocycles. The first-order valence-corrected chi connectivity index (χ1v) is 7.91. The number of aryl methyl sites for hydroxylation is 1. The van der Waals surface area contributed by atoms with Gasteiger partial charge in [-0.1, -0.05) is 24.3 Å². The van der Waals surface area contributed by atoms with Crippen molar-refractivity contribution in [1.82, 2.24) is 10.6 Å². The molecule has 2 N–H and O–H groups in total. The zero-order valence-electron chi connectivity index (χ0n) is 11.6. The second-order valence-corrected chi connectivity index (χ2v) is 6.67. The van der Waals surface area contributed by atoms with E-state index < -0.39 is 0 Å². The zero-order valence-corrected chi connectivity index (χ0v) is 11.6. The molecule has 1 spiro atoms. The second kappa shape index (κ2) is 4.60. The minimum Gasteiger partial charge on any atom is -0.317 e. The molecule has 0 radical (unpaired) electrons. The Morgan fingerprint density at radius 2 is 2.05 bits per heavy atom. The van der Waals surface area contributed by atoms with E-state index in [0.717, 1.165) is 12.0 Å². The van der Waals surface area contributed by atoms with Gasteiger partial charge in [0.2, 0.25) is 0 Å². The van der Waals surface area contributed by atoms with Gasteiger partial charge in [-0.25, -0.2) is 0 Å². The smallest absolute Gasteiger partial charge is 0.0174 e. The van der Waals surface area contributed by atoms with Crippen molar-refractivity contribution >= 4 is 0 Å². The number of piperidine rings is 1. The van der Waals surface area contributed by atoms with Crippen molar-refractivity contribution in [2.45, 2.75) is 43.6 Å². The molecule has 2 aliphatic carbocycles. The summed E-state index contributed by atoms with van der Waals surface area (Å²) in [6.07, 6.45) is 6.74. The summed E-state index contributed by atoms with van der Waals surface area (Å²) >= 11 is 0. The van der Waals surface area contributed by atoms with E-state index in [0.29, 0.717) is 5.41 Å². The van der Waals surface area contributed by atoms with Gasteiger partial charge in [0.15, 0.2) is 0 Å². The fourth-order valence-corrected chi connectivity index (χ4v) is 4.26. The maximum atomic E-state index is 3.87. The van der Waals surface area contributed by atoms with Crippen LogP contribution in [0.3, 0.4) is 0 Å². The summed E-state index contributed by atoms with van der Waals surface area (Å²) in [6.45, 7) is 3.66. The van der Waals surface area contributed by atoms with Crippen LogP contribution in [0.5, 0.6) is 0 Å². The molecule has 0 unspecified atom stereocenters. The molecule has 1 aromatic rings. The van der Waals surface area contributed by atoms with Crippen molar-refractivity contribution in [3.63, 3.8) is 0 Å². The topological polar surface area (TPSA) is 24.1 Å². The number of hydrogen-bond acceptors (Lipinski definition) is 2. The molecule has 1 saturated heterocycles. The third kappa shape index (κ3) is 2.02. The highest BCUT2D eigenvalue weighted by atomic mass is 15.0. The summed E-state index contributed by atoms with van der Waals surface area (Å²) in [7, 11) is 0. The molecule has 4 rings (SSSR count). The molecule has 1 saturated carbocycles. The molecular weight excluding hydrogens is 232 g/mol. The molecule has 1 heterocycles. The van der Waals surface area contributed by atoms with Crippen LogP contribution in [-0.2, 0) is 11.8 Å². The number of fused-ring (bicyclic) bond motifs is 2. The number of nitrogens with one attached hydrogen (secondary N) is 2. The average Bonchev–Trinajstić information content (AvgIpc) is 3.06. The van der Waals surface area contributed by atoms with Crippen molar-refractivity contribution in [1.29, 1.82) is 0 Å². The van der Waals surface area contributed by atoms with E-state index in [1.807, 2.05) is 0 Å². The van der Waals surface area contributed by atoms with Crippen LogP contribution in [0.15, 0.2) is 24.3 Å². The quantitative estimate of drug-likeness (QED) is 0.866. The molecule has 2 fully saturated rings. The first-order chi connectivity index (χ1) is 9.38. The van der Waals surface area contributed by atoms with Gasteiger partial charge in [0, 0.05) is 11.5 Å². The van der Waals surface area contributed by atoms with Crippen molar-refractivity contribution in [2.75, 3.05) is 19.6 Å². The van der Waals surface area contributed by atoms with Crippen molar-refractivity contribution in [3.8, 4) is 0 Å². The molecule has 2 atom stereocenters. The highest BCUT2D eigenvalue weighted by Gasteiger charge is 2.57. The van der Waals surface area contributed by atoms with Gasteiger partial charge in [0.25, 0.3) is 0 Å². The van der Waals surface area contributed by atoms with E-state index in [2.05, 4.69) is 34.9 Å². The predicted molar refractivity (Wildman–Crippen MR) is 78.4 cm³/mol. The van der Waals surface area contributed by atoms with Crippen LogP contribution >= 0.6 is 0 Å². The van der Waals surface area contributed by atoms with E-state index in [1.165, 1.54) is 51.7 Å². The first-order valence-electron chi connectivity index (χ1n) is 7.91. The second-order valence-electron chi connectivity index (χ2n) is 6.67. The van der Waals surface area contributed by atoms with E-state index in [-0.39, 0.29) is 0 Å². The van der Waals surface area contributed by atoms with E-state index in [1.54, 1.807) is 11.1 Å². The highest BCUT2D eigenvalue weighted by Crippen LogP contribution is 2.56. The van der Waals surface area contributed by atoms with E-state index in [9.17, 15) is 0 Å². The molecular formula is C17H24N2. The molecule has 102 valence electrons. The Bertz CT molecular complexity index is 464. The van der Waals surface area contributed by atoms with Crippen LogP contribution in [0.25, 0.3) is 0 Å². The van der Waals surface area contributed by atoms with Gasteiger partial charge in [-0.2, -0.15) is 0 Å². The van der Waals surface area contributed by atoms with Gasteiger partial charge in [-0.3, -0.25) is 0 Å². The lowest BCUT2D eigenvalue weighted by molar-refractivity contribution is 0.351. The molecule has 0 bridgehead atoms. The summed E-state index contributed by atoms with van der Waals surface area (Å²) in [4.78, 5) is 0. The molecule has 2 heteroatoms. The zero-order chi connectivity index (χ0) is 12.7. The SMILES string of the molecule is c1ccc2c(c1)CC[C@]21C[C@@H]1NCC1CCNCC1. The summed E-state index contributed by atoms with van der Waals surface area (Å²) in [5.74, 6) is 0.899. The standard InChI is InChI=1S/C17H24N2/c1-2-4-15-14(3-1)5-8-17(15)11-16(17)19-12-13-6-9-18-10-7-13/h1-4,13,16,18-19H,5-12H2/t16-,17-/m0/s1. The highest BCUT2D eigenvalue weighted by molar-refractivity contribution is 5.46. The van der Waals surface area contributed by atoms with Gasteiger partial charge in [0.05, 0.1) is 0 Å². The van der Waals surface area contributed by atoms with Gasteiger partial charge in [-0.15, -0.1) is 0 Å². The van der Waals surface area contributed by atoms with E-state index >= 15 is 0 Å². The summed E-state index contributed by atoms with van der Waals surface area (Å²) < 4.78 is 0. The van der Waals surface area contributed by atoms with Gasteiger partial charge in [0.1, 0.15) is 0 Å². The lowest BCUT2D eigenvalue weighted by Crippen LogP contribution is -2.35. The predicted octanol–water partition coefficient (Wildman–Crippen LogP) is 2.23.